The fraction of sp³-hybridized carbons (Fsp3) is 0.364. The Labute approximate surface area is 175 Å². The van der Waals surface area contributed by atoms with Gasteiger partial charge in [0.25, 0.3) is 0 Å². The Morgan fingerprint density at radius 2 is 2.00 bits per heavy atom. The van der Waals surface area contributed by atoms with Crippen LogP contribution >= 0.6 is 12.2 Å². The Bertz CT molecular complexity index is 1100. The molecular formula is C22H24N6S. The molecule has 1 aliphatic carbocycles. The van der Waals surface area contributed by atoms with E-state index in [0.29, 0.717) is 28.4 Å². The van der Waals surface area contributed by atoms with Gasteiger partial charge in [-0.2, -0.15) is 15.0 Å². The van der Waals surface area contributed by atoms with E-state index in [-0.39, 0.29) is 0 Å². The van der Waals surface area contributed by atoms with Crippen molar-refractivity contribution in [2.24, 2.45) is 0 Å². The molecule has 0 unspecified atom stereocenters. The average molecular weight is 405 g/mol. The Morgan fingerprint density at radius 3 is 2.76 bits per heavy atom. The largest absolute Gasteiger partial charge is 0.360 e. The van der Waals surface area contributed by atoms with Gasteiger partial charge in [0, 0.05) is 11.4 Å². The van der Waals surface area contributed by atoms with Gasteiger partial charge in [0.15, 0.2) is 16.7 Å². The third-order valence-electron chi connectivity index (χ3n) is 5.51. The van der Waals surface area contributed by atoms with Gasteiger partial charge < -0.3 is 10.6 Å². The van der Waals surface area contributed by atoms with E-state index in [2.05, 4.69) is 34.8 Å². The normalized spacial score (nSPS) is 14.5. The highest BCUT2D eigenvalue weighted by molar-refractivity contribution is 7.80. The van der Waals surface area contributed by atoms with Crippen LogP contribution in [0.4, 0.5) is 5.82 Å². The second kappa shape index (κ2) is 8.18. The van der Waals surface area contributed by atoms with Gasteiger partial charge >= 0.3 is 0 Å². The molecule has 29 heavy (non-hydrogen) atoms. The standard InChI is InChI=1S/C22H24N6S/c1-14-7-6-10-18-15(2)11-19(26-20(14)18)28-21(16(12-23)13-24-28)27-22(29)25-17-8-4-3-5-9-17/h6-7,10-11,13,17H,3-5,8-9H2,1-2H3,(H2,25,27,29). The van der Waals surface area contributed by atoms with Crippen molar-refractivity contribution in [3.8, 4) is 11.9 Å². The van der Waals surface area contributed by atoms with Gasteiger partial charge in [-0.05, 0) is 56.1 Å². The zero-order chi connectivity index (χ0) is 20.4. The smallest absolute Gasteiger partial charge is 0.172 e. The summed E-state index contributed by atoms with van der Waals surface area (Å²) in [5.41, 5.74) is 3.58. The number of nitrogens with zero attached hydrogens (tertiary/aromatic N) is 4. The van der Waals surface area contributed by atoms with Crippen molar-refractivity contribution in [3.05, 3.63) is 47.2 Å². The van der Waals surface area contributed by atoms with Crippen molar-refractivity contribution in [1.29, 1.82) is 5.26 Å². The zero-order valence-electron chi connectivity index (χ0n) is 16.7. The molecule has 1 aromatic carbocycles. The van der Waals surface area contributed by atoms with Crippen molar-refractivity contribution in [3.63, 3.8) is 0 Å². The number of nitrogens with one attached hydrogen (secondary N) is 2. The molecule has 6 nitrogen and oxygen atoms in total. The number of anilines is 1. The molecule has 0 atom stereocenters. The predicted molar refractivity (Wildman–Crippen MR) is 119 cm³/mol. The number of pyridine rings is 1. The van der Waals surface area contributed by atoms with E-state index in [1.807, 2.05) is 25.1 Å². The number of nitriles is 1. The van der Waals surface area contributed by atoms with E-state index in [9.17, 15) is 5.26 Å². The number of aryl methyl sites for hydroxylation is 2. The monoisotopic (exact) mass is 404 g/mol. The van der Waals surface area contributed by atoms with Crippen LogP contribution in [-0.2, 0) is 0 Å². The van der Waals surface area contributed by atoms with Gasteiger partial charge in [0.1, 0.15) is 11.6 Å². The van der Waals surface area contributed by atoms with E-state index in [4.69, 9.17) is 17.2 Å². The number of hydrogen-bond acceptors (Lipinski definition) is 4. The number of rotatable bonds is 3. The van der Waals surface area contributed by atoms with Gasteiger partial charge in [-0.3, -0.25) is 0 Å². The molecule has 1 saturated carbocycles. The van der Waals surface area contributed by atoms with E-state index in [0.717, 1.165) is 34.9 Å². The number of benzene rings is 1. The maximum absolute atomic E-state index is 9.56. The van der Waals surface area contributed by atoms with Crippen molar-refractivity contribution in [2.45, 2.75) is 52.0 Å². The molecule has 2 heterocycles. The summed E-state index contributed by atoms with van der Waals surface area (Å²) in [6.45, 7) is 4.11. The lowest BCUT2D eigenvalue weighted by molar-refractivity contribution is 0.414. The molecular weight excluding hydrogens is 380 g/mol. The molecule has 1 fully saturated rings. The molecule has 0 saturated heterocycles. The third kappa shape index (κ3) is 3.94. The number of thiocarbonyl (C=S) groups is 1. The molecule has 7 heteroatoms. The number of aromatic nitrogens is 3. The molecule has 0 spiro atoms. The van der Waals surface area contributed by atoms with Crippen molar-refractivity contribution in [2.75, 3.05) is 5.32 Å². The van der Waals surface area contributed by atoms with Crippen molar-refractivity contribution in [1.82, 2.24) is 20.1 Å². The quantitative estimate of drug-likeness (QED) is 0.625. The highest BCUT2D eigenvalue weighted by Gasteiger charge is 2.18. The minimum atomic E-state index is 0.384. The van der Waals surface area contributed by atoms with Crippen LogP contribution < -0.4 is 10.6 Å². The summed E-state index contributed by atoms with van der Waals surface area (Å²) >= 11 is 5.53. The highest BCUT2D eigenvalue weighted by Crippen LogP contribution is 2.25. The number of hydrogen-bond donors (Lipinski definition) is 2. The first kappa shape index (κ1) is 19.3. The molecule has 0 aliphatic heterocycles. The summed E-state index contributed by atoms with van der Waals surface area (Å²) < 4.78 is 1.66. The van der Waals surface area contributed by atoms with E-state index in [1.54, 1.807) is 10.9 Å². The Hall–Kier alpha value is -2.98. The summed E-state index contributed by atoms with van der Waals surface area (Å²) in [6, 6.07) is 10.7. The maximum Gasteiger partial charge on any atom is 0.172 e. The summed E-state index contributed by atoms with van der Waals surface area (Å²) in [5, 5.41) is 22.2. The van der Waals surface area contributed by atoms with Crippen LogP contribution in [0.15, 0.2) is 30.5 Å². The third-order valence-corrected chi connectivity index (χ3v) is 5.73. The topological polar surface area (TPSA) is 78.6 Å². The van der Waals surface area contributed by atoms with Crippen LogP contribution in [0.3, 0.4) is 0 Å². The minimum Gasteiger partial charge on any atom is -0.360 e. The first-order valence-electron chi connectivity index (χ1n) is 10.00. The van der Waals surface area contributed by atoms with Crippen LogP contribution in [0.2, 0.25) is 0 Å². The molecule has 4 rings (SSSR count). The van der Waals surface area contributed by atoms with Gasteiger partial charge in [-0.25, -0.2) is 4.98 Å². The summed E-state index contributed by atoms with van der Waals surface area (Å²) in [7, 11) is 0. The predicted octanol–water partition coefficient (Wildman–Crippen LogP) is 4.53. The van der Waals surface area contributed by atoms with Crippen molar-refractivity contribution < 1.29 is 0 Å². The second-order valence-electron chi connectivity index (χ2n) is 7.63. The maximum atomic E-state index is 9.56. The Morgan fingerprint density at radius 1 is 1.21 bits per heavy atom. The van der Waals surface area contributed by atoms with E-state index < -0.39 is 0 Å². The number of fused-ring (bicyclic) bond motifs is 1. The molecule has 0 bridgehead atoms. The lowest BCUT2D eigenvalue weighted by Gasteiger charge is -2.24. The second-order valence-corrected chi connectivity index (χ2v) is 8.04. The summed E-state index contributed by atoms with van der Waals surface area (Å²) in [4.78, 5) is 4.82. The Kier molecular flexibility index (Phi) is 5.45. The van der Waals surface area contributed by atoms with Gasteiger partial charge in [0.05, 0.1) is 11.7 Å². The molecule has 0 radical (unpaired) electrons. The minimum absolute atomic E-state index is 0.384. The van der Waals surface area contributed by atoms with E-state index >= 15 is 0 Å². The summed E-state index contributed by atoms with van der Waals surface area (Å²) in [5.74, 6) is 1.20. The molecule has 0 amide bonds. The van der Waals surface area contributed by atoms with Crippen LogP contribution in [0.25, 0.3) is 16.7 Å². The lowest BCUT2D eigenvalue weighted by atomic mass is 9.96. The van der Waals surface area contributed by atoms with Crippen LogP contribution in [0.1, 0.15) is 48.8 Å². The van der Waals surface area contributed by atoms with Gasteiger partial charge in [0.2, 0.25) is 0 Å². The lowest BCUT2D eigenvalue weighted by Crippen LogP contribution is -2.39. The Balaban J connectivity index is 1.68. The molecule has 2 N–H and O–H groups in total. The molecule has 3 aromatic rings. The van der Waals surface area contributed by atoms with Crippen LogP contribution in [-0.4, -0.2) is 25.9 Å². The SMILES string of the molecule is Cc1cc(-n2ncc(C#N)c2NC(=S)NC2CCCCC2)nc2c(C)cccc12. The number of para-hydroxylation sites is 1. The van der Waals surface area contributed by atoms with Crippen molar-refractivity contribution >= 4 is 34.1 Å². The van der Waals surface area contributed by atoms with Crippen LogP contribution in [0.5, 0.6) is 0 Å². The average Bonchev–Trinajstić information content (AvgIpc) is 3.12. The first-order valence-corrected chi connectivity index (χ1v) is 10.4. The highest BCUT2D eigenvalue weighted by atomic mass is 32.1. The zero-order valence-corrected chi connectivity index (χ0v) is 17.5. The van der Waals surface area contributed by atoms with Crippen LogP contribution in [0, 0.1) is 25.2 Å². The van der Waals surface area contributed by atoms with Gasteiger partial charge in [-0.15, -0.1) is 0 Å². The summed E-state index contributed by atoms with van der Waals surface area (Å²) in [6.07, 6.45) is 7.52. The molecule has 1 aliphatic rings. The fourth-order valence-electron chi connectivity index (χ4n) is 3.95. The molecule has 148 valence electrons. The van der Waals surface area contributed by atoms with Gasteiger partial charge in [-0.1, -0.05) is 37.5 Å². The molecule has 2 aromatic heterocycles. The fourth-order valence-corrected chi connectivity index (χ4v) is 4.22. The first-order chi connectivity index (χ1) is 14.1. The van der Waals surface area contributed by atoms with E-state index in [1.165, 1.54) is 19.3 Å².